The van der Waals surface area contributed by atoms with Crippen molar-refractivity contribution in [3.8, 4) is 11.4 Å². The zero-order chi connectivity index (χ0) is 19.4. The van der Waals surface area contributed by atoms with E-state index in [2.05, 4.69) is 15.0 Å². The molecule has 1 unspecified atom stereocenters. The minimum Gasteiger partial charge on any atom is -0.435 e. The molecule has 0 saturated carbocycles. The predicted octanol–water partition coefficient (Wildman–Crippen LogP) is 4.63. The van der Waals surface area contributed by atoms with Crippen molar-refractivity contribution in [2.75, 3.05) is 0 Å². The monoisotopic (exact) mass is 389 g/mol. The summed E-state index contributed by atoms with van der Waals surface area (Å²) in [5.41, 5.74) is 1.90. The average Bonchev–Trinajstić information content (AvgIpc) is 3.04. The van der Waals surface area contributed by atoms with Crippen LogP contribution in [0.3, 0.4) is 0 Å². The van der Waals surface area contributed by atoms with Crippen molar-refractivity contribution in [1.82, 2.24) is 14.9 Å². The van der Waals surface area contributed by atoms with Crippen LogP contribution in [0.1, 0.15) is 29.0 Å². The number of para-hydroxylation sites is 1. The van der Waals surface area contributed by atoms with Gasteiger partial charge in [0.05, 0.1) is 6.04 Å². The normalized spacial score (nSPS) is 12.0. The number of aromatic amines is 1. The van der Waals surface area contributed by atoms with Gasteiger partial charge in [0.1, 0.15) is 11.4 Å². The van der Waals surface area contributed by atoms with E-state index < -0.39 is 6.61 Å². The van der Waals surface area contributed by atoms with Crippen LogP contribution < -0.4 is 10.1 Å². The highest BCUT2D eigenvalue weighted by Gasteiger charge is 2.17. The molecule has 1 aromatic heterocycles. The van der Waals surface area contributed by atoms with Crippen molar-refractivity contribution in [2.45, 2.75) is 19.6 Å². The van der Waals surface area contributed by atoms with Crippen molar-refractivity contribution in [1.29, 1.82) is 0 Å². The molecule has 0 aliphatic rings. The number of hydrogen-bond donors (Lipinski definition) is 2. The number of imidazole rings is 1. The second kappa shape index (κ2) is 8.13. The Kier molecular flexibility index (Phi) is 5.66. The number of rotatable bonds is 6. The number of H-pyrrole nitrogens is 1. The van der Waals surface area contributed by atoms with Crippen LogP contribution in [0.4, 0.5) is 8.78 Å². The summed E-state index contributed by atoms with van der Waals surface area (Å²) in [5, 5.41) is 2.88. The highest BCUT2D eigenvalue weighted by atomic mass is 32.1. The third kappa shape index (κ3) is 4.40. The van der Waals surface area contributed by atoms with Gasteiger partial charge in [0.15, 0.2) is 4.77 Å². The lowest BCUT2D eigenvalue weighted by molar-refractivity contribution is -0.0498. The summed E-state index contributed by atoms with van der Waals surface area (Å²) in [6, 6.07) is 15.1. The molecule has 0 aliphatic heterocycles. The Morgan fingerprint density at radius 3 is 2.44 bits per heavy atom. The van der Waals surface area contributed by atoms with Gasteiger partial charge in [-0.05, 0) is 49.0 Å². The molecule has 1 amide bonds. The van der Waals surface area contributed by atoms with E-state index in [9.17, 15) is 13.6 Å². The largest absolute Gasteiger partial charge is 0.435 e. The molecule has 0 fully saturated rings. The lowest BCUT2D eigenvalue weighted by Crippen LogP contribution is -2.28. The Balaban J connectivity index is 1.77. The summed E-state index contributed by atoms with van der Waals surface area (Å²) >= 11 is 5.28. The first-order valence-corrected chi connectivity index (χ1v) is 8.58. The zero-order valence-electron chi connectivity index (χ0n) is 14.4. The SMILES string of the molecule is CC(NC(=O)c1c[nH]c(=S)n1-c1ccccc1)c1ccc(OC(F)F)cc1. The van der Waals surface area contributed by atoms with E-state index >= 15 is 0 Å². The van der Waals surface area contributed by atoms with Crippen molar-refractivity contribution in [3.05, 3.63) is 76.8 Å². The fourth-order valence-electron chi connectivity index (χ4n) is 2.66. The lowest BCUT2D eigenvalue weighted by atomic mass is 10.1. The maximum absolute atomic E-state index is 12.7. The summed E-state index contributed by atoms with van der Waals surface area (Å²) in [6.07, 6.45) is 1.55. The Labute approximate surface area is 159 Å². The molecule has 2 aromatic carbocycles. The van der Waals surface area contributed by atoms with Gasteiger partial charge in [-0.3, -0.25) is 9.36 Å². The van der Waals surface area contributed by atoms with Gasteiger partial charge in [-0.25, -0.2) is 0 Å². The molecule has 0 radical (unpaired) electrons. The van der Waals surface area contributed by atoms with Crippen LogP contribution in [0.2, 0.25) is 0 Å². The Hall–Kier alpha value is -3.00. The molecule has 27 heavy (non-hydrogen) atoms. The summed E-state index contributed by atoms with van der Waals surface area (Å²) in [4.78, 5) is 15.6. The van der Waals surface area contributed by atoms with Crippen molar-refractivity contribution < 1.29 is 18.3 Å². The van der Waals surface area contributed by atoms with Crippen LogP contribution in [0, 0.1) is 4.77 Å². The second-order valence-corrected chi connectivity index (χ2v) is 6.18. The van der Waals surface area contributed by atoms with Crippen LogP contribution in [0.25, 0.3) is 5.69 Å². The number of nitrogens with one attached hydrogen (secondary N) is 2. The van der Waals surface area contributed by atoms with Gasteiger partial charge in [0.25, 0.3) is 5.91 Å². The minimum atomic E-state index is -2.87. The van der Waals surface area contributed by atoms with E-state index in [1.54, 1.807) is 29.8 Å². The van der Waals surface area contributed by atoms with Gasteiger partial charge in [0, 0.05) is 11.9 Å². The molecule has 8 heteroatoms. The number of halogens is 2. The van der Waals surface area contributed by atoms with E-state index in [0.29, 0.717) is 10.5 Å². The molecule has 1 atom stereocenters. The van der Waals surface area contributed by atoms with Crippen LogP contribution in [-0.2, 0) is 0 Å². The van der Waals surface area contributed by atoms with Crippen LogP contribution in [0.5, 0.6) is 5.75 Å². The maximum atomic E-state index is 12.7. The fraction of sp³-hybridized carbons (Fsp3) is 0.158. The van der Waals surface area contributed by atoms with Crippen LogP contribution >= 0.6 is 12.2 Å². The average molecular weight is 389 g/mol. The van der Waals surface area contributed by atoms with Gasteiger partial charge in [0.2, 0.25) is 0 Å². The Morgan fingerprint density at radius 1 is 1.15 bits per heavy atom. The number of benzene rings is 2. The molecule has 1 heterocycles. The van der Waals surface area contributed by atoms with Gasteiger partial charge < -0.3 is 15.0 Å². The van der Waals surface area contributed by atoms with Crippen LogP contribution in [-0.4, -0.2) is 22.1 Å². The number of ether oxygens (including phenoxy) is 1. The van der Waals surface area contributed by atoms with E-state index in [0.717, 1.165) is 11.3 Å². The van der Waals surface area contributed by atoms with E-state index in [1.807, 2.05) is 30.3 Å². The summed E-state index contributed by atoms with van der Waals surface area (Å²) in [5.74, 6) is -0.248. The molecule has 0 spiro atoms. The third-order valence-electron chi connectivity index (χ3n) is 3.98. The highest BCUT2D eigenvalue weighted by molar-refractivity contribution is 7.71. The van der Waals surface area contributed by atoms with Gasteiger partial charge in [-0.1, -0.05) is 30.3 Å². The number of carbonyl (C=O) groups excluding carboxylic acids is 1. The first kappa shape index (κ1) is 18.8. The maximum Gasteiger partial charge on any atom is 0.387 e. The first-order valence-electron chi connectivity index (χ1n) is 8.17. The summed E-state index contributed by atoms with van der Waals surface area (Å²) in [6.45, 7) is -1.07. The molecule has 140 valence electrons. The summed E-state index contributed by atoms with van der Waals surface area (Å²) < 4.78 is 30.8. The molecular weight excluding hydrogens is 372 g/mol. The number of hydrogen-bond acceptors (Lipinski definition) is 3. The third-order valence-corrected chi connectivity index (χ3v) is 4.28. The molecule has 0 aliphatic carbocycles. The number of amides is 1. The van der Waals surface area contributed by atoms with E-state index in [-0.39, 0.29) is 17.7 Å². The van der Waals surface area contributed by atoms with Gasteiger partial charge in [-0.15, -0.1) is 0 Å². The van der Waals surface area contributed by atoms with Crippen molar-refractivity contribution in [2.24, 2.45) is 0 Å². The molecule has 0 saturated heterocycles. The molecule has 2 N–H and O–H groups in total. The highest BCUT2D eigenvalue weighted by Crippen LogP contribution is 2.20. The lowest BCUT2D eigenvalue weighted by Gasteiger charge is -2.16. The van der Waals surface area contributed by atoms with Crippen molar-refractivity contribution in [3.63, 3.8) is 0 Å². The Morgan fingerprint density at radius 2 is 1.81 bits per heavy atom. The molecule has 3 rings (SSSR count). The minimum absolute atomic E-state index is 0.0654. The number of aromatic nitrogens is 2. The zero-order valence-corrected chi connectivity index (χ0v) is 15.2. The molecule has 3 aromatic rings. The number of nitrogens with zero attached hydrogens (tertiary/aromatic N) is 1. The van der Waals surface area contributed by atoms with Gasteiger partial charge in [-0.2, -0.15) is 8.78 Å². The molecule has 0 bridgehead atoms. The topological polar surface area (TPSA) is 59.0 Å². The second-order valence-electron chi connectivity index (χ2n) is 5.79. The first-order chi connectivity index (χ1) is 13.0. The standard InChI is InChI=1S/C19H17F2N3O2S/c1-12(13-7-9-15(10-8-13)26-18(20)21)23-17(25)16-11-22-19(27)24(16)14-5-3-2-4-6-14/h2-12,18H,1H3,(H,22,27)(H,23,25). The predicted molar refractivity (Wildman–Crippen MR) is 99.9 cm³/mol. The number of alkyl halides is 2. The van der Waals surface area contributed by atoms with Gasteiger partial charge >= 0.3 is 6.61 Å². The van der Waals surface area contributed by atoms with Crippen LogP contribution in [0.15, 0.2) is 60.8 Å². The Bertz CT molecular complexity index is 969. The fourth-order valence-corrected chi connectivity index (χ4v) is 2.92. The van der Waals surface area contributed by atoms with E-state index in [1.165, 1.54) is 12.1 Å². The van der Waals surface area contributed by atoms with Crippen molar-refractivity contribution >= 4 is 18.1 Å². The van der Waals surface area contributed by atoms with E-state index in [4.69, 9.17) is 12.2 Å². The smallest absolute Gasteiger partial charge is 0.387 e. The number of carbonyl (C=O) groups is 1. The molecular formula is C19H17F2N3O2S. The molecule has 5 nitrogen and oxygen atoms in total. The quantitative estimate of drug-likeness (QED) is 0.605. The summed E-state index contributed by atoms with van der Waals surface area (Å²) in [7, 11) is 0.